The highest BCUT2D eigenvalue weighted by molar-refractivity contribution is 5.21. The Morgan fingerprint density at radius 3 is 2.64 bits per heavy atom. The van der Waals surface area contributed by atoms with E-state index in [1.165, 1.54) is 6.07 Å². The summed E-state index contributed by atoms with van der Waals surface area (Å²) >= 11 is 0. The third kappa shape index (κ3) is 1.65. The maximum absolute atomic E-state index is 13.4. The summed E-state index contributed by atoms with van der Waals surface area (Å²) < 4.78 is 13.4. The second kappa shape index (κ2) is 3.67. The molecule has 14 heavy (non-hydrogen) atoms. The number of benzene rings is 1. The van der Waals surface area contributed by atoms with Gasteiger partial charge in [0.2, 0.25) is 0 Å². The van der Waals surface area contributed by atoms with Crippen LogP contribution in [0.3, 0.4) is 0 Å². The summed E-state index contributed by atoms with van der Waals surface area (Å²) in [5, 5.41) is 9.15. The van der Waals surface area contributed by atoms with E-state index in [4.69, 9.17) is 5.11 Å². The number of halogens is 1. The molecule has 1 N–H and O–H groups in total. The molecular weight excluding hydrogens is 181 g/mol. The zero-order valence-electron chi connectivity index (χ0n) is 8.15. The standard InChI is InChI=1S/C11H14FNO/c1-8(13-6-9(14)7-13)10-4-2-3-5-11(10)12/h2-5,8-9,14H,6-7H2,1H3/t8-/m0/s1. The molecule has 76 valence electrons. The zero-order valence-corrected chi connectivity index (χ0v) is 8.15. The molecule has 3 heteroatoms. The molecule has 1 heterocycles. The van der Waals surface area contributed by atoms with E-state index >= 15 is 0 Å². The fourth-order valence-corrected chi connectivity index (χ4v) is 1.81. The average Bonchev–Trinajstić information content (AvgIpc) is 2.13. The van der Waals surface area contributed by atoms with E-state index in [1.807, 2.05) is 13.0 Å². The minimum atomic E-state index is -0.232. The lowest BCUT2D eigenvalue weighted by Gasteiger charge is -2.40. The van der Waals surface area contributed by atoms with Crippen LogP contribution in [0.4, 0.5) is 4.39 Å². The van der Waals surface area contributed by atoms with Gasteiger partial charge in [-0.2, -0.15) is 0 Å². The minimum Gasteiger partial charge on any atom is -0.390 e. The zero-order chi connectivity index (χ0) is 10.1. The van der Waals surface area contributed by atoms with Crippen molar-refractivity contribution in [3.63, 3.8) is 0 Å². The van der Waals surface area contributed by atoms with E-state index in [0.29, 0.717) is 18.7 Å². The van der Waals surface area contributed by atoms with Crippen LogP contribution in [0.25, 0.3) is 0 Å². The Balaban J connectivity index is 2.11. The highest BCUT2D eigenvalue weighted by Gasteiger charge is 2.30. The molecular formula is C11H14FNO. The van der Waals surface area contributed by atoms with Gasteiger partial charge < -0.3 is 5.11 Å². The lowest BCUT2D eigenvalue weighted by molar-refractivity contribution is -0.0218. The summed E-state index contributed by atoms with van der Waals surface area (Å²) in [6.07, 6.45) is -0.232. The lowest BCUT2D eigenvalue weighted by Crippen LogP contribution is -2.51. The average molecular weight is 195 g/mol. The third-order valence-electron chi connectivity index (χ3n) is 2.79. The Morgan fingerprint density at radius 1 is 1.43 bits per heavy atom. The number of likely N-dealkylation sites (tertiary alicyclic amines) is 1. The van der Waals surface area contributed by atoms with E-state index < -0.39 is 0 Å². The first kappa shape index (κ1) is 9.62. The molecule has 2 nitrogen and oxygen atoms in total. The molecule has 1 aliphatic rings. The van der Waals surface area contributed by atoms with Gasteiger partial charge in [0, 0.05) is 24.7 Å². The number of hydrogen-bond acceptors (Lipinski definition) is 2. The van der Waals surface area contributed by atoms with Crippen molar-refractivity contribution < 1.29 is 9.50 Å². The predicted molar refractivity (Wildman–Crippen MR) is 52.4 cm³/mol. The number of β-amino-alcohol motifs (C(OH)–C–C–N with tert-alkyl or cyclic N) is 1. The number of nitrogens with zero attached hydrogens (tertiary/aromatic N) is 1. The van der Waals surface area contributed by atoms with Crippen molar-refractivity contribution in [3.05, 3.63) is 35.6 Å². The van der Waals surface area contributed by atoms with Gasteiger partial charge in [-0.3, -0.25) is 4.90 Å². The molecule has 0 aromatic heterocycles. The lowest BCUT2D eigenvalue weighted by atomic mass is 10.0. The Kier molecular flexibility index (Phi) is 2.52. The first-order chi connectivity index (χ1) is 6.68. The summed E-state index contributed by atoms with van der Waals surface area (Å²) in [5.41, 5.74) is 0.708. The molecule has 0 radical (unpaired) electrons. The van der Waals surface area contributed by atoms with Crippen LogP contribution in [-0.2, 0) is 0 Å². The van der Waals surface area contributed by atoms with Crippen LogP contribution < -0.4 is 0 Å². The van der Waals surface area contributed by atoms with Crippen molar-refractivity contribution in [3.8, 4) is 0 Å². The van der Waals surface area contributed by atoms with E-state index in [0.717, 1.165) is 0 Å². The molecule has 1 aliphatic heterocycles. The number of aliphatic hydroxyl groups is 1. The van der Waals surface area contributed by atoms with Crippen molar-refractivity contribution in [2.24, 2.45) is 0 Å². The van der Waals surface area contributed by atoms with Gasteiger partial charge in [0.15, 0.2) is 0 Å². The van der Waals surface area contributed by atoms with Gasteiger partial charge in [-0.1, -0.05) is 18.2 Å². The van der Waals surface area contributed by atoms with Gasteiger partial charge in [-0.05, 0) is 13.0 Å². The van der Waals surface area contributed by atoms with Crippen LogP contribution in [0, 0.1) is 5.82 Å². The highest BCUT2D eigenvalue weighted by atomic mass is 19.1. The van der Waals surface area contributed by atoms with Crippen LogP contribution in [0.1, 0.15) is 18.5 Å². The van der Waals surface area contributed by atoms with Gasteiger partial charge in [-0.15, -0.1) is 0 Å². The minimum absolute atomic E-state index is 0.0552. The van der Waals surface area contributed by atoms with Gasteiger partial charge in [-0.25, -0.2) is 4.39 Å². The molecule has 2 rings (SSSR count). The van der Waals surface area contributed by atoms with Crippen LogP contribution in [0.15, 0.2) is 24.3 Å². The normalized spacial score (nSPS) is 20.5. The number of aliphatic hydroxyl groups excluding tert-OH is 1. The summed E-state index contributed by atoms with van der Waals surface area (Å²) in [6, 6.07) is 6.86. The maximum atomic E-state index is 13.4. The van der Waals surface area contributed by atoms with Gasteiger partial charge in [0.1, 0.15) is 5.82 Å². The van der Waals surface area contributed by atoms with Gasteiger partial charge >= 0.3 is 0 Å². The van der Waals surface area contributed by atoms with Gasteiger partial charge in [0.05, 0.1) is 6.10 Å². The van der Waals surface area contributed by atoms with Crippen molar-refractivity contribution >= 4 is 0 Å². The Bertz CT molecular complexity index is 323. The number of rotatable bonds is 2. The molecule has 0 spiro atoms. The second-order valence-corrected chi connectivity index (χ2v) is 3.81. The Morgan fingerprint density at radius 2 is 2.07 bits per heavy atom. The first-order valence-corrected chi connectivity index (χ1v) is 4.85. The van der Waals surface area contributed by atoms with Crippen molar-refractivity contribution in [2.45, 2.75) is 19.1 Å². The molecule has 1 saturated heterocycles. The monoisotopic (exact) mass is 195 g/mol. The summed E-state index contributed by atoms with van der Waals surface area (Å²) in [6.45, 7) is 3.26. The van der Waals surface area contributed by atoms with Crippen LogP contribution in [0.2, 0.25) is 0 Å². The van der Waals surface area contributed by atoms with Crippen LogP contribution in [0.5, 0.6) is 0 Å². The van der Waals surface area contributed by atoms with Crippen molar-refractivity contribution in [1.82, 2.24) is 4.90 Å². The second-order valence-electron chi connectivity index (χ2n) is 3.81. The number of hydrogen-bond donors (Lipinski definition) is 1. The first-order valence-electron chi connectivity index (χ1n) is 4.85. The fourth-order valence-electron chi connectivity index (χ4n) is 1.81. The van der Waals surface area contributed by atoms with E-state index in [9.17, 15) is 4.39 Å². The highest BCUT2D eigenvalue weighted by Crippen LogP contribution is 2.26. The largest absolute Gasteiger partial charge is 0.390 e. The van der Waals surface area contributed by atoms with E-state index in [1.54, 1.807) is 12.1 Å². The molecule has 0 amide bonds. The Labute approximate surface area is 83.0 Å². The maximum Gasteiger partial charge on any atom is 0.127 e. The summed E-state index contributed by atoms with van der Waals surface area (Å²) in [4.78, 5) is 2.06. The SMILES string of the molecule is C[C@@H](c1ccccc1F)N1CC(O)C1. The summed E-state index contributed by atoms with van der Waals surface area (Å²) in [5.74, 6) is -0.165. The van der Waals surface area contributed by atoms with Crippen LogP contribution >= 0.6 is 0 Å². The smallest absolute Gasteiger partial charge is 0.127 e. The van der Waals surface area contributed by atoms with Crippen LogP contribution in [-0.4, -0.2) is 29.2 Å². The molecule has 1 atom stereocenters. The van der Waals surface area contributed by atoms with Gasteiger partial charge in [0.25, 0.3) is 0 Å². The molecule has 0 unspecified atom stereocenters. The van der Waals surface area contributed by atoms with Crippen molar-refractivity contribution in [1.29, 1.82) is 0 Å². The predicted octanol–water partition coefficient (Wildman–Crippen LogP) is 1.56. The van der Waals surface area contributed by atoms with E-state index in [2.05, 4.69) is 4.90 Å². The molecule has 1 aromatic rings. The molecule has 0 bridgehead atoms. The van der Waals surface area contributed by atoms with Crippen molar-refractivity contribution in [2.75, 3.05) is 13.1 Å². The quantitative estimate of drug-likeness (QED) is 0.774. The molecule has 0 aliphatic carbocycles. The molecule has 1 aromatic carbocycles. The fraction of sp³-hybridized carbons (Fsp3) is 0.455. The third-order valence-corrected chi connectivity index (χ3v) is 2.79. The summed E-state index contributed by atoms with van der Waals surface area (Å²) in [7, 11) is 0. The topological polar surface area (TPSA) is 23.5 Å². The molecule has 0 saturated carbocycles. The van der Waals surface area contributed by atoms with E-state index in [-0.39, 0.29) is 18.0 Å². The Hall–Kier alpha value is -0.930. The molecule has 1 fully saturated rings.